The monoisotopic (exact) mass is 239 g/mol. The summed E-state index contributed by atoms with van der Waals surface area (Å²) in [4.78, 5) is 11.1. The van der Waals surface area contributed by atoms with Gasteiger partial charge in [-0.1, -0.05) is 0 Å². The van der Waals surface area contributed by atoms with Gasteiger partial charge in [0.2, 0.25) is 5.91 Å². The summed E-state index contributed by atoms with van der Waals surface area (Å²) in [6.45, 7) is 0.684. The van der Waals surface area contributed by atoms with E-state index in [-0.39, 0.29) is 17.9 Å². The minimum absolute atomic E-state index is 0.0209. The minimum Gasteiger partial charge on any atom is -0.493 e. The van der Waals surface area contributed by atoms with Gasteiger partial charge < -0.3 is 10.1 Å². The van der Waals surface area contributed by atoms with Gasteiger partial charge in [0.1, 0.15) is 17.4 Å². The van der Waals surface area contributed by atoms with E-state index in [2.05, 4.69) is 5.32 Å². The second-order valence-electron chi connectivity index (χ2n) is 4.37. The maximum atomic E-state index is 14.2. The highest BCUT2D eigenvalue weighted by Crippen LogP contribution is 2.36. The third-order valence-electron chi connectivity index (χ3n) is 3.31. The second-order valence-corrected chi connectivity index (χ2v) is 4.37. The summed E-state index contributed by atoms with van der Waals surface area (Å²) in [5, 5.41) is 2.59. The van der Waals surface area contributed by atoms with E-state index in [0.717, 1.165) is 0 Å². The number of carbonyl (C=O) groups excluding carboxylic acids is 1. The molecule has 1 aromatic carbocycles. The summed E-state index contributed by atoms with van der Waals surface area (Å²) in [5.41, 5.74) is 0.452. The highest BCUT2D eigenvalue weighted by atomic mass is 19.1. The first-order chi connectivity index (χ1) is 8.16. The standard InChI is InChI=1S/C12H11F2NO2/c13-8-4-9-7(1-2-17-9)12(14)11(8)6-3-10(16)15-5-6/h4,6H,1-3,5H2,(H,15,16)/t6-/m0/s1. The normalized spacial score (nSPS) is 22.2. The van der Waals surface area contributed by atoms with Gasteiger partial charge in [0.25, 0.3) is 0 Å². The summed E-state index contributed by atoms with van der Waals surface area (Å²) >= 11 is 0. The average molecular weight is 239 g/mol. The number of ether oxygens (including phenoxy) is 1. The van der Waals surface area contributed by atoms with Gasteiger partial charge in [-0.15, -0.1) is 0 Å². The third kappa shape index (κ3) is 1.57. The second kappa shape index (κ2) is 3.68. The van der Waals surface area contributed by atoms with Gasteiger partial charge >= 0.3 is 0 Å². The predicted octanol–water partition coefficient (Wildman–Crippen LogP) is 1.50. The fraction of sp³-hybridized carbons (Fsp3) is 0.417. The van der Waals surface area contributed by atoms with E-state index in [1.807, 2.05) is 0 Å². The number of halogens is 2. The number of hydrogen-bond acceptors (Lipinski definition) is 2. The minimum atomic E-state index is -0.621. The Labute approximate surface area is 96.8 Å². The first-order valence-corrected chi connectivity index (χ1v) is 5.57. The zero-order valence-corrected chi connectivity index (χ0v) is 9.06. The predicted molar refractivity (Wildman–Crippen MR) is 55.9 cm³/mol. The lowest BCUT2D eigenvalue weighted by molar-refractivity contribution is -0.119. The number of fused-ring (bicyclic) bond motifs is 1. The largest absolute Gasteiger partial charge is 0.493 e. The van der Waals surface area contributed by atoms with Crippen LogP contribution in [0.1, 0.15) is 23.5 Å². The van der Waals surface area contributed by atoms with Gasteiger partial charge in [0.15, 0.2) is 0 Å². The SMILES string of the molecule is O=C1C[C@H](c2c(F)cc3c(c2F)CCO3)CN1. The van der Waals surface area contributed by atoms with E-state index >= 15 is 0 Å². The van der Waals surface area contributed by atoms with Crippen molar-refractivity contribution in [1.82, 2.24) is 5.32 Å². The Morgan fingerprint density at radius 2 is 2.24 bits per heavy atom. The molecule has 1 atom stereocenters. The number of benzene rings is 1. The molecule has 5 heteroatoms. The van der Waals surface area contributed by atoms with Crippen molar-refractivity contribution in [2.24, 2.45) is 0 Å². The van der Waals surface area contributed by atoms with Crippen molar-refractivity contribution in [2.75, 3.05) is 13.2 Å². The molecule has 3 nitrogen and oxygen atoms in total. The Bertz CT molecular complexity index is 502. The summed E-state index contributed by atoms with van der Waals surface area (Å²) < 4.78 is 33.1. The van der Waals surface area contributed by atoms with Crippen LogP contribution < -0.4 is 10.1 Å². The van der Waals surface area contributed by atoms with Crippen LogP contribution in [-0.2, 0) is 11.2 Å². The lowest BCUT2D eigenvalue weighted by Gasteiger charge is -2.13. The molecule has 1 fully saturated rings. The van der Waals surface area contributed by atoms with Crippen LogP contribution in [0, 0.1) is 11.6 Å². The molecule has 90 valence electrons. The van der Waals surface area contributed by atoms with E-state index in [1.165, 1.54) is 6.07 Å². The van der Waals surface area contributed by atoms with Crippen LogP contribution in [0.3, 0.4) is 0 Å². The number of hydrogen-bond donors (Lipinski definition) is 1. The molecule has 17 heavy (non-hydrogen) atoms. The van der Waals surface area contributed by atoms with Gasteiger partial charge in [-0.3, -0.25) is 4.79 Å². The summed E-state index contributed by atoms with van der Waals surface area (Å²) in [6.07, 6.45) is 0.607. The van der Waals surface area contributed by atoms with Crippen molar-refractivity contribution < 1.29 is 18.3 Å². The average Bonchev–Trinajstić information content (AvgIpc) is 2.87. The van der Waals surface area contributed by atoms with Crippen LogP contribution in [0.25, 0.3) is 0 Å². The smallest absolute Gasteiger partial charge is 0.220 e. The first-order valence-electron chi connectivity index (χ1n) is 5.57. The van der Waals surface area contributed by atoms with E-state index in [9.17, 15) is 13.6 Å². The molecular formula is C12H11F2NO2. The van der Waals surface area contributed by atoms with Gasteiger partial charge in [-0.2, -0.15) is 0 Å². The lowest BCUT2D eigenvalue weighted by Crippen LogP contribution is -2.14. The quantitative estimate of drug-likeness (QED) is 0.806. The van der Waals surface area contributed by atoms with E-state index in [4.69, 9.17) is 4.74 Å². The molecule has 1 aromatic rings. The molecule has 3 rings (SSSR count). The first kappa shape index (κ1) is 10.5. The van der Waals surface area contributed by atoms with Crippen LogP contribution in [0.15, 0.2) is 6.07 Å². The summed E-state index contributed by atoms with van der Waals surface area (Å²) in [6, 6.07) is 1.23. The maximum Gasteiger partial charge on any atom is 0.220 e. The van der Waals surface area contributed by atoms with Gasteiger partial charge in [-0.25, -0.2) is 8.78 Å². The fourth-order valence-electron chi connectivity index (χ4n) is 2.46. The molecular weight excluding hydrogens is 228 g/mol. The van der Waals surface area contributed by atoms with Crippen LogP contribution in [0.5, 0.6) is 5.75 Å². The number of rotatable bonds is 1. The van der Waals surface area contributed by atoms with E-state index in [1.54, 1.807) is 0 Å². The Balaban J connectivity index is 2.07. The van der Waals surface area contributed by atoms with Crippen LogP contribution in [0.2, 0.25) is 0 Å². The highest BCUT2D eigenvalue weighted by Gasteiger charge is 2.32. The topological polar surface area (TPSA) is 38.3 Å². The molecule has 2 heterocycles. The third-order valence-corrected chi connectivity index (χ3v) is 3.31. The van der Waals surface area contributed by atoms with Crippen molar-refractivity contribution in [3.8, 4) is 5.75 Å². The van der Waals surface area contributed by atoms with E-state index in [0.29, 0.717) is 30.9 Å². The number of nitrogens with one attached hydrogen (secondary N) is 1. The Hall–Kier alpha value is -1.65. The molecule has 0 radical (unpaired) electrons. The molecule has 1 amide bonds. The molecule has 2 aliphatic rings. The maximum absolute atomic E-state index is 14.2. The summed E-state index contributed by atoms with van der Waals surface area (Å²) in [5.74, 6) is -1.44. The van der Waals surface area contributed by atoms with Crippen molar-refractivity contribution in [1.29, 1.82) is 0 Å². The number of carbonyl (C=O) groups is 1. The fourth-order valence-corrected chi connectivity index (χ4v) is 2.46. The van der Waals surface area contributed by atoms with Crippen LogP contribution >= 0.6 is 0 Å². The van der Waals surface area contributed by atoms with Crippen molar-refractivity contribution in [3.63, 3.8) is 0 Å². The van der Waals surface area contributed by atoms with Crippen LogP contribution in [0.4, 0.5) is 8.78 Å². The molecule has 1 N–H and O–H groups in total. The number of amides is 1. The summed E-state index contributed by atoms with van der Waals surface area (Å²) in [7, 11) is 0. The van der Waals surface area contributed by atoms with Gasteiger partial charge in [-0.05, 0) is 0 Å². The molecule has 0 aromatic heterocycles. The molecule has 0 saturated carbocycles. The van der Waals surface area contributed by atoms with Crippen molar-refractivity contribution >= 4 is 5.91 Å². The molecule has 0 aliphatic carbocycles. The Kier molecular flexibility index (Phi) is 2.28. The molecule has 0 unspecified atom stereocenters. The van der Waals surface area contributed by atoms with Crippen molar-refractivity contribution in [3.05, 3.63) is 28.8 Å². The van der Waals surface area contributed by atoms with Gasteiger partial charge in [0.05, 0.1) is 6.61 Å². The zero-order valence-electron chi connectivity index (χ0n) is 9.06. The lowest BCUT2D eigenvalue weighted by atomic mass is 9.94. The van der Waals surface area contributed by atoms with E-state index < -0.39 is 17.6 Å². The Morgan fingerprint density at radius 1 is 1.41 bits per heavy atom. The Morgan fingerprint density at radius 3 is 2.94 bits per heavy atom. The van der Waals surface area contributed by atoms with Gasteiger partial charge in [0, 0.05) is 42.5 Å². The zero-order chi connectivity index (χ0) is 12.0. The van der Waals surface area contributed by atoms with Crippen LogP contribution in [-0.4, -0.2) is 19.1 Å². The highest BCUT2D eigenvalue weighted by molar-refractivity contribution is 5.79. The van der Waals surface area contributed by atoms with Crippen molar-refractivity contribution in [2.45, 2.75) is 18.8 Å². The molecule has 0 spiro atoms. The molecule has 2 aliphatic heterocycles. The molecule has 0 bridgehead atoms. The molecule has 1 saturated heterocycles.